The van der Waals surface area contributed by atoms with Crippen molar-refractivity contribution in [3.8, 4) is 5.75 Å². The van der Waals surface area contributed by atoms with Gasteiger partial charge in [-0.2, -0.15) is 0 Å². The van der Waals surface area contributed by atoms with Gasteiger partial charge in [0.1, 0.15) is 5.75 Å². The standard InChI is InChI=1S/C26H25N3O4/c30-22-10-6-9-20(17-22)28-15-14-27(19-7-2-1-3-8-19)18-21(28)13-16-33-29-25(31)23-11-4-5-12-24(23)26(29)32/h1-12,17,21,30H,13-16,18H2. The van der Waals surface area contributed by atoms with E-state index in [0.29, 0.717) is 17.5 Å². The molecule has 7 nitrogen and oxygen atoms in total. The lowest BCUT2D eigenvalue weighted by molar-refractivity contribution is -0.0930. The normalized spacial score (nSPS) is 18.1. The maximum Gasteiger partial charge on any atom is 0.285 e. The van der Waals surface area contributed by atoms with Gasteiger partial charge in [-0.15, -0.1) is 5.06 Å². The summed E-state index contributed by atoms with van der Waals surface area (Å²) in [5, 5.41) is 10.9. The van der Waals surface area contributed by atoms with E-state index in [1.807, 2.05) is 30.3 Å². The number of carbonyl (C=O) groups excluding carboxylic acids is 2. The Bertz CT molecular complexity index is 1130. The number of fused-ring (bicyclic) bond motifs is 1. The molecule has 0 aromatic heterocycles. The molecule has 33 heavy (non-hydrogen) atoms. The van der Waals surface area contributed by atoms with E-state index >= 15 is 0 Å². The van der Waals surface area contributed by atoms with Crippen molar-refractivity contribution in [2.24, 2.45) is 0 Å². The van der Waals surface area contributed by atoms with Crippen LogP contribution in [0, 0.1) is 0 Å². The number of para-hydroxylation sites is 1. The van der Waals surface area contributed by atoms with E-state index < -0.39 is 11.8 Å². The highest BCUT2D eigenvalue weighted by atomic mass is 16.7. The average Bonchev–Trinajstić information content (AvgIpc) is 3.09. The van der Waals surface area contributed by atoms with Crippen molar-refractivity contribution in [1.29, 1.82) is 0 Å². The maximum atomic E-state index is 12.6. The van der Waals surface area contributed by atoms with E-state index in [4.69, 9.17) is 4.84 Å². The van der Waals surface area contributed by atoms with Gasteiger partial charge < -0.3 is 14.9 Å². The van der Waals surface area contributed by atoms with E-state index in [0.717, 1.165) is 36.1 Å². The minimum absolute atomic E-state index is 0.0657. The van der Waals surface area contributed by atoms with Gasteiger partial charge in [-0.05, 0) is 42.8 Å². The molecule has 1 unspecified atom stereocenters. The lowest BCUT2D eigenvalue weighted by atomic mass is 10.1. The third-order valence-corrected chi connectivity index (χ3v) is 6.19. The summed E-state index contributed by atoms with van der Waals surface area (Å²) in [6.07, 6.45) is 0.604. The fourth-order valence-electron chi connectivity index (χ4n) is 4.55. The molecule has 1 fully saturated rings. The zero-order chi connectivity index (χ0) is 22.8. The molecule has 2 aliphatic rings. The van der Waals surface area contributed by atoms with Crippen LogP contribution in [-0.2, 0) is 4.84 Å². The molecule has 0 radical (unpaired) electrons. The molecule has 2 amide bonds. The van der Waals surface area contributed by atoms with Crippen LogP contribution in [0.1, 0.15) is 27.1 Å². The van der Waals surface area contributed by atoms with E-state index in [1.54, 1.807) is 36.4 Å². The largest absolute Gasteiger partial charge is 0.508 e. The van der Waals surface area contributed by atoms with Crippen LogP contribution in [0.5, 0.6) is 5.75 Å². The van der Waals surface area contributed by atoms with Crippen LogP contribution in [0.25, 0.3) is 0 Å². The highest BCUT2D eigenvalue weighted by molar-refractivity contribution is 6.20. The van der Waals surface area contributed by atoms with Gasteiger partial charge >= 0.3 is 0 Å². The van der Waals surface area contributed by atoms with Crippen molar-refractivity contribution in [1.82, 2.24) is 5.06 Å². The molecule has 0 bridgehead atoms. The number of imide groups is 1. The van der Waals surface area contributed by atoms with Crippen LogP contribution in [-0.4, -0.2) is 54.3 Å². The van der Waals surface area contributed by atoms with E-state index in [-0.39, 0.29) is 18.4 Å². The molecule has 7 heteroatoms. The number of phenols is 1. The summed E-state index contributed by atoms with van der Waals surface area (Å²) in [6, 6.07) is 24.3. The molecular formula is C26H25N3O4. The number of piperazine rings is 1. The van der Waals surface area contributed by atoms with Gasteiger partial charge in [-0.25, -0.2) is 0 Å². The van der Waals surface area contributed by atoms with Gasteiger partial charge in [0.15, 0.2) is 0 Å². The average molecular weight is 444 g/mol. The van der Waals surface area contributed by atoms with Gasteiger partial charge in [0, 0.05) is 43.1 Å². The number of hydroxylamine groups is 2. The van der Waals surface area contributed by atoms with Crippen molar-refractivity contribution in [3.05, 3.63) is 90.0 Å². The second-order valence-electron chi connectivity index (χ2n) is 8.22. The number of phenolic OH excluding ortho intramolecular Hbond substituents is 1. The maximum absolute atomic E-state index is 12.6. The highest BCUT2D eigenvalue weighted by Crippen LogP contribution is 2.28. The summed E-state index contributed by atoms with van der Waals surface area (Å²) >= 11 is 0. The first-order chi connectivity index (χ1) is 16.1. The first-order valence-electron chi connectivity index (χ1n) is 11.1. The zero-order valence-electron chi connectivity index (χ0n) is 18.1. The molecule has 168 valence electrons. The first-order valence-corrected chi connectivity index (χ1v) is 11.1. The molecule has 5 rings (SSSR count). The van der Waals surface area contributed by atoms with Gasteiger partial charge in [0.2, 0.25) is 0 Å². The van der Waals surface area contributed by atoms with Crippen LogP contribution in [0.3, 0.4) is 0 Å². The molecule has 2 heterocycles. The second kappa shape index (κ2) is 8.96. The van der Waals surface area contributed by atoms with Crippen molar-refractivity contribution in [3.63, 3.8) is 0 Å². The molecule has 1 N–H and O–H groups in total. The molecular weight excluding hydrogens is 418 g/mol. The Morgan fingerprint density at radius 3 is 2.18 bits per heavy atom. The van der Waals surface area contributed by atoms with Crippen molar-refractivity contribution < 1.29 is 19.5 Å². The summed E-state index contributed by atoms with van der Waals surface area (Å²) in [5.74, 6) is -0.621. The number of nitrogens with zero attached hydrogens (tertiary/aromatic N) is 3. The molecule has 1 atom stereocenters. The van der Waals surface area contributed by atoms with Crippen LogP contribution in [0.2, 0.25) is 0 Å². The predicted octanol–water partition coefficient (Wildman–Crippen LogP) is 3.71. The SMILES string of the molecule is O=C1c2ccccc2C(=O)N1OCCC1CN(c2ccccc2)CCN1c1cccc(O)c1. The van der Waals surface area contributed by atoms with Crippen molar-refractivity contribution >= 4 is 23.2 Å². The van der Waals surface area contributed by atoms with E-state index in [9.17, 15) is 14.7 Å². The summed E-state index contributed by atoms with van der Waals surface area (Å²) < 4.78 is 0. The number of hydrogen-bond donors (Lipinski definition) is 1. The van der Waals surface area contributed by atoms with Crippen molar-refractivity contribution in [2.75, 3.05) is 36.0 Å². The van der Waals surface area contributed by atoms with Crippen LogP contribution in [0.4, 0.5) is 11.4 Å². The molecule has 3 aromatic carbocycles. The van der Waals surface area contributed by atoms with Gasteiger partial charge in [-0.3, -0.25) is 14.4 Å². The summed E-state index contributed by atoms with van der Waals surface area (Å²) in [6.45, 7) is 2.59. The minimum atomic E-state index is -0.421. The van der Waals surface area contributed by atoms with Crippen LogP contribution >= 0.6 is 0 Å². The Balaban J connectivity index is 1.30. The number of rotatable bonds is 6. The van der Waals surface area contributed by atoms with Crippen LogP contribution in [0.15, 0.2) is 78.9 Å². The molecule has 0 aliphatic carbocycles. The number of amides is 2. The molecule has 0 saturated carbocycles. The Kier molecular flexibility index (Phi) is 5.71. The Hall–Kier alpha value is -3.84. The van der Waals surface area contributed by atoms with E-state index in [1.165, 1.54) is 0 Å². The molecule has 1 saturated heterocycles. The fourth-order valence-corrected chi connectivity index (χ4v) is 4.55. The van der Waals surface area contributed by atoms with E-state index in [2.05, 4.69) is 21.9 Å². The Morgan fingerprint density at radius 2 is 1.48 bits per heavy atom. The Morgan fingerprint density at radius 1 is 0.818 bits per heavy atom. The lowest BCUT2D eigenvalue weighted by Gasteiger charge is -2.44. The summed E-state index contributed by atoms with van der Waals surface area (Å²) in [7, 11) is 0. The third kappa shape index (κ3) is 4.15. The molecule has 0 spiro atoms. The summed E-state index contributed by atoms with van der Waals surface area (Å²) in [5.41, 5.74) is 2.83. The second-order valence-corrected chi connectivity index (χ2v) is 8.22. The number of benzene rings is 3. The lowest BCUT2D eigenvalue weighted by Crippen LogP contribution is -2.54. The highest BCUT2D eigenvalue weighted by Gasteiger charge is 2.37. The van der Waals surface area contributed by atoms with Gasteiger partial charge in [0.25, 0.3) is 11.8 Å². The van der Waals surface area contributed by atoms with Crippen molar-refractivity contribution in [2.45, 2.75) is 12.5 Å². The molecule has 3 aromatic rings. The summed E-state index contributed by atoms with van der Waals surface area (Å²) in [4.78, 5) is 35.4. The number of carbonyl (C=O) groups is 2. The monoisotopic (exact) mass is 443 g/mol. The Labute approximate surface area is 192 Å². The predicted molar refractivity (Wildman–Crippen MR) is 125 cm³/mol. The zero-order valence-corrected chi connectivity index (χ0v) is 18.1. The van der Waals surface area contributed by atoms with Gasteiger partial charge in [0.05, 0.1) is 17.7 Å². The van der Waals surface area contributed by atoms with Gasteiger partial charge in [-0.1, -0.05) is 36.4 Å². The number of anilines is 2. The number of aromatic hydroxyl groups is 1. The fraction of sp³-hybridized carbons (Fsp3) is 0.231. The molecule has 2 aliphatic heterocycles. The topological polar surface area (TPSA) is 73.3 Å². The minimum Gasteiger partial charge on any atom is -0.508 e. The first kappa shape index (κ1) is 21.0. The number of hydrogen-bond acceptors (Lipinski definition) is 6. The van der Waals surface area contributed by atoms with Crippen LogP contribution < -0.4 is 9.80 Å². The quantitative estimate of drug-likeness (QED) is 0.586. The smallest absolute Gasteiger partial charge is 0.285 e. The third-order valence-electron chi connectivity index (χ3n) is 6.19.